The Kier molecular flexibility index (Phi) is 6.27. The van der Waals surface area contributed by atoms with Gasteiger partial charge in [0.25, 0.3) is 5.91 Å². The molecule has 2 N–H and O–H groups in total. The minimum absolute atomic E-state index is 0.131. The van der Waals surface area contributed by atoms with Gasteiger partial charge in [-0.3, -0.25) is 4.79 Å². The van der Waals surface area contributed by atoms with E-state index in [-0.39, 0.29) is 6.54 Å². The first-order valence-electron chi connectivity index (χ1n) is 5.89. The van der Waals surface area contributed by atoms with Crippen LogP contribution in [0, 0.1) is 0 Å². The Morgan fingerprint density at radius 1 is 1.45 bits per heavy atom. The molecular formula is C13H16ClNO5. The van der Waals surface area contributed by atoms with Crippen molar-refractivity contribution in [2.75, 3.05) is 13.7 Å². The van der Waals surface area contributed by atoms with E-state index in [1.165, 1.54) is 7.11 Å². The average Bonchev–Trinajstić information content (AvgIpc) is 2.38. The molecule has 0 bridgehead atoms. The second-order valence-electron chi connectivity index (χ2n) is 4.03. The van der Waals surface area contributed by atoms with Crippen LogP contribution in [0.4, 0.5) is 0 Å². The summed E-state index contributed by atoms with van der Waals surface area (Å²) in [5.41, 5.74) is 0. The highest BCUT2D eigenvalue weighted by Gasteiger charge is 2.20. The third-order valence-corrected chi connectivity index (χ3v) is 2.73. The second-order valence-corrected chi connectivity index (χ2v) is 4.46. The van der Waals surface area contributed by atoms with Gasteiger partial charge in [0, 0.05) is 12.1 Å². The number of carboxylic acids is 1. The number of carboxylic acid groups (broad SMARTS) is 1. The van der Waals surface area contributed by atoms with Crippen molar-refractivity contribution in [1.29, 1.82) is 0 Å². The zero-order chi connectivity index (χ0) is 15.1. The number of methoxy groups -OCH3 is 1. The molecule has 0 aromatic heterocycles. The number of rotatable bonds is 7. The highest BCUT2D eigenvalue weighted by Crippen LogP contribution is 2.18. The van der Waals surface area contributed by atoms with Crippen molar-refractivity contribution >= 4 is 23.5 Å². The third-order valence-electron chi connectivity index (χ3n) is 2.50. The fourth-order valence-corrected chi connectivity index (χ4v) is 1.59. The number of carbonyl (C=O) groups is 2. The molecular weight excluding hydrogens is 286 g/mol. The van der Waals surface area contributed by atoms with E-state index < -0.39 is 24.1 Å². The molecule has 20 heavy (non-hydrogen) atoms. The molecule has 0 aliphatic carbocycles. The second kappa shape index (κ2) is 7.72. The van der Waals surface area contributed by atoms with Crippen LogP contribution >= 0.6 is 11.6 Å². The Morgan fingerprint density at radius 3 is 2.70 bits per heavy atom. The molecule has 0 fully saturated rings. The lowest BCUT2D eigenvalue weighted by atomic mass is 10.3. The number of carbonyl (C=O) groups excluding carboxylic acids is 1. The van der Waals surface area contributed by atoms with Crippen molar-refractivity contribution in [3.8, 4) is 5.75 Å². The molecule has 7 heteroatoms. The molecule has 1 rings (SSSR count). The molecule has 0 saturated carbocycles. The van der Waals surface area contributed by atoms with Crippen LogP contribution in [-0.4, -0.2) is 42.8 Å². The molecule has 0 radical (unpaired) electrons. The molecule has 0 spiro atoms. The van der Waals surface area contributed by atoms with Crippen molar-refractivity contribution in [3.05, 3.63) is 29.3 Å². The molecule has 0 saturated heterocycles. The Balaban J connectivity index is 2.49. The van der Waals surface area contributed by atoms with Crippen molar-refractivity contribution in [2.24, 2.45) is 0 Å². The molecule has 0 aliphatic rings. The van der Waals surface area contributed by atoms with E-state index in [1.807, 2.05) is 0 Å². The summed E-state index contributed by atoms with van der Waals surface area (Å²) >= 11 is 5.80. The zero-order valence-corrected chi connectivity index (χ0v) is 11.9. The SMILES string of the molecule is COC(CNC(=O)C(C)Oc1cccc(Cl)c1)C(=O)O. The van der Waals surface area contributed by atoms with Crippen LogP contribution in [0.2, 0.25) is 5.02 Å². The van der Waals surface area contributed by atoms with Crippen LogP contribution in [0.1, 0.15) is 6.92 Å². The summed E-state index contributed by atoms with van der Waals surface area (Å²) in [5, 5.41) is 11.7. The van der Waals surface area contributed by atoms with E-state index in [4.69, 9.17) is 26.2 Å². The summed E-state index contributed by atoms with van der Waals surface area (Å²) in [6.07, 6.45) is -1.86. The van der Waals surface area contributed by atoms with Gasteiger partial charge in [0.1, 0.15) is 5.75 Å². The predicted molar refractivity (Wildman–Crippen MR) is 73.0 cm³/mol. The van der Waals surface area contributed by atoms with E-state index in [9.17, 15) is 9.59 Å². The Hall–Kier alpha value is -1.79. The Bertz CT molecular complexity index is 480. The quantitative estimate of drug-likeness (QED) is 0.793. The Labute approximate surface area is 121 Å². The highest BCUT2D eigenvalue weighted by atomic mass is 35.5. The predicted octanol–water partition coefficient (Wildman–Crippen LogP) is 1.32. The van der Waals surface area contributed by atoms with Gasteiger partial charge >= 0.3 is 5.97 Å². The van der Waals surface area contributed by atoms with Gasteiger partial charge in [0.15, 0.2) is 12.2 Å². The summed E-state index contributed by atoms with van der Waals surface area (Å²) in [4.78, 5) is 22.5. The third kappa shape index (κ3) is 5.07. The van der Waals surface area contributed by atoms with Crippen LogP contribution in [-0.2, 0) is 14.3 Å². The number of aliphatic carboxylic acids is 1. The smallest absolute Gasteiger partial charge is 0.334 e. The maximum absolute atomic E-state index is 11.8. The lowest BCUT2D eigenvalue weighted by Gasteiger charge is -2.16. The van der Waals surface area contributed by atoms with Crippen molar-refractivity contribution in [2.45, 2.75) is 19.1 Å². The largest absolute Gasteiger partial charge is 0.481 e. The van der Waals surface area contributed by atoms with Crippen molar-refractivity contribution in [1.82, 2.24) is 5.32 Å². The molecule has 2 atom stereocenters. The molecule has 0 heterocycles. The van der Waals surface area contributed by atoms with Crippen LogP contribution in [0.5, 0.6) is 5.75 Å². The van der Waals surface area contributed by atoms with Gasteiger partial charge < -0.3 is 19.9 Å². The molecule has 1 aromatic rings. The van der Waals surface area contributed by atoms with Crippen LogP contribution in [0.15, 0.2) is 24.3 Å². The summed E-state index contributed by atoms with van der Waals surface area (Å²) in [5.74, 6) is -1.12. The standard InChI is InChI=1S/C13H16ClNO5/c1-8(20-10-5-3-4-9(14)6-10)12(16)15-7-11(19-2)13(17)18/h3-6,8,11H,7H2,1-2H3,(H,15,16)(H,17,18). The van der Waals surface area contributed by atoms with Gasteiger partial charge in [0.05, 0.1) is 6.54 Å². The number of ether oxygens (including phenoxy) is 2. The van der Waals surface area contributed by atoms with Gasteiger partial charge in [-0.05, 0) is 25.1 Å². The van der Waals surface area contributed by atoms with Crippen LogP contribution < -0.4 is 10.1 Å². The molecule has 110 valence electrons. The highest BCUT2D eigenvalue weighted by molar-refractivity contribution is 6.30. The lowest BCUT2D eigenvalue weighted by Crippen LogP contribution is -2.43. The van der Waals surface area contributed by atoms with Crippen LogP contribution in [0.25, 0.3) is 0 Å². The van der Waals surface area contributed by atoms with E-state index in [2.05, 4.69) is 5.32 Å². The molecule has 6 nitrogen and oxygen atoms in total. The summed E-state index contributed by atoms with van der Waals surface area (Å²) < 4.78 is 10.1. The van der Waals surface area contributed by atoms with Crippen molar-refractivity contribution < 1.29 is 24.2 Å². The van der Waals surface area contributed by atoms with Crippen LogP contribution in [0.3, 0.4) is 0 Å². The maximum atomic E-state index is 11.8. The van der Waals surface area contributed by atoms with E-state index >= 15 is 0 Å². The summed E-state index contributed by atoms with van der Waals surface area (Å²) in [7, 11) is 1.26. The fraction of sp³-hybridized carbons (Fsp3) is 0.385. The first-order valence-corrected chi connectivity index (χ1v) is 6.27. The molecule has 0 aliphatic heterocycles. The monoisotopic (exact) mass is 301 g/mol. The van der Waals surface area contributed by atoms with Gasteiger partial charge in [-0.1, -0.05) is 17.7 Å². The van der Waals surface area contributed by atoms with E-state index in [0.717, 1.165) is 0 Å². The number of hydrogen-bond acceptors (Lipinski definition) is 4. The lowest BCUT2D eigenvalue weighted by molar-refractivity contribution is -0.148. The summed E-state index contributed by atoms with van der Waals surface area (Å²) in [6, 6.07) is 6.65. The molecule has 1 aromatic carbocycles. The van der Waals surface area contributed by atoms with Gasteiger partial charge in [-0.15, -0.1) is 0 Å². The van der Waals surface area contributed by atoms with E-state index in [0.29, 0.717) is 10.8 Å². The number of halogens is 1. The number of amides is 1. The normalized spacial score (nSPS) is 13.3. The number of nitrogens with one attached hydrogen (secondary N) is 1. The number of benzene rings is 1. The number of hydrogen-bond donors (Lipinski definition) is 2. The Morgan fingerprint density at radius 2 is 2.15 bits per heavy atom. The first-order chi connectivity index (χ1) is 9.43. The fourth-order valence-electron chi connectivity index (χ4n) is 1.41. The minimum atomic E-state index is -1.14. The zero-order valence-electron chi connectivity index (χ0n) is 11.1. The topological polar surface area (TPSA) is 84.9 Å². The van der Waals surface area contributed by atoms with Gasteiger partial charge in [-0.2, -0.15) is 0 Å². The maximum Gasteiger partial charge on any atom is 0.334 e. The minimum Gasteiger partial charge on any atom is -0.481 e. The van der Waals surface area contributed by atoms with Gasteiger partial charge in [-0.25, -0.2) is 4.79 Å². The summed E-state index contributed by atoms with van der Waals surface area (Å²) in [6.45, 7) is 1.42. The van der Waals surface area contributed by atoms with Gasteiger partial charge in [0.2, 0.25) is 0 Å². The first kappa shape index (κ1) is 16.3. The molecule has 2 unspecified atom stereocenters. The van der Waals surface area contributed by atoms with E-state index in [1.54, 1.807) is 31.2 Å². The average molecular weight is 302 g/mol. The van der Waals surface area contributed by atoms with Crippen molar-refractivity contribution in [3.63, 3.8) is 0 Å². The molecule has 1 amide bonds.